The minimum atomic E-state index is 0.0824. The highest BCUT2D eigenvalue weighted by Gasteiger charge is 1.94. The molecule has 0 bridgehead atoms. The van der Waals surface area contributed by atoms with Crippen molar-refractivity contribution in [2.45, 2.75) is 13.8 Å². The number of halogens is 1. The molecular formula is C8H18BrN3O2. The highest BCUT2D eigenvalue weighted by molar-refractivity contribution is 9.09. The van der Waals surface area contributed by atoms with Crippen LogP contribution in [0.4, 0.5) is 0 Å². The number of aliphatic hydroxyl groups excluding tert-OH is 2. The van der Waals surface area contributed by atoms with Gasteiger partial charge in [-0.25, -0.2) is 0 Å². The highest BCUT2D eigenvalue weighted by Crippen LogP contribution is 1.95. The molecule has 2 atom stereocenters. The van der Waals surface area contributed by atoms with Crippen LogP contribution in [0.5, 0.6) is 0 Å². The van der Waals surface area contributed by atoms with Crippen LogP contribution in [-0.2, 0) is 0 Å². The second-order valence-corrected chi connectivity index (χ2v) is 3.79. The number of alkyl halides is 1. The summed E-state index contributed by atoms with van der Waals surface area (Å²) in [6.45, 7) is 4.54. The van der Waals surface area contributed by atoms with Crippen molar-refractivity contribution in [3.8, 4) is 0 Å². The molecule has 5 nitrogen and oxygen atoms in total. The third-order valence-corrected chi connectivity index (χ3v) is 2.45. The summed E-state index contributed by atoms with van der Waals surface area (Å²) in [4.78, 5) is 2.54. The zero-order chi connectivity index (χ0) is 11.4. The van der Waals surface area contributed by atoms with Crippen molar-refractivity contribution in [2.24, 2.45) is 17.0 Å². The molecule has 0 saturated heterocycles. The molecule has 0 unspecified atom stereocenters. The number of rotatable bonds is 5. The van der Waals surface area contributed by atoms with E-state index in [4.69, 9.17) is 15.7 Å². The first-order valence-electron chi connectivity index (χ1n) is 4.40. The molecule has 0 aliphatic heterocycles. The first kappa shape index (κ1) is 16.2. The Balaban J connectivity index is 0. The third-order valence-electron chi connectivity index (χ3n) is 1.34. The van der Waals surface area contributed by atoms with Crippen molar-refractivity contribution in [2.75, 3.05) is 25.1 Å². The van der Waals surface area contributed by atoms with E-state index in [1.165, 1.54) is 0 Å². The van der Waals surface area contributed by atoms with Gasteiger partial charge in [0.05, 0.1) is 0 Å². The zero-order valence-corrected chi connectivity index (χ0v) is 10.2. The third kappa shape index (κ3) is 14.2. The molecule has 6 heteroatoms. The van der Waals surface area contributed by atoms with Gasteiger partial charge in [0.15, 0.2) is 0 Å². The first-order valence-corrected chi connectivity index (χ1v) is 5.53. The molecule has 0 aliphatic carbocycles. The second kappa shape index (κ2) is 12.7. The standard InChI is InChI=1S/C4H9BrO.C4H9N3O/c1-4(2-5)3-6;1-4(3-8)2-6-7-5/h4,6H,2-3H2,1H3;4,8H,2-3H2,1H3/t2*4-/m01/s1. The Morgan fingerprint density at radius 1 is 1.29 bits per heavy atom. The average molecular weight is 268 g/mol. The summed E-state index contributed by atoms with van der Waals surface area (Å²) in [5, 5.41) is 20.8. The minimum Gasteiger partial charge on any atom is -0.396 e. The Morgan fingerprint density at radius 2 is 1.79 bits per heavy atom. The zero-order valence-electron chi connectivity index (χ0n) is 8.60. The lowest BCUT2D eigenvalue weighted by Gasteiger charge is -1.98. The Hall–Kier alpha value is -0.290. The summed E-state index contributed by atoms with van der Waals surface area (Å²) in [5.74, 6) is 0.496. The smallest absolute Gasteiger partial charge is 0.0464 e. The van der Waals surface area contributed by atoms with Gasteiger partial charge in [0.1, 0.15) is 0 Å². The average Bonchev–Trinajstić information content (AvgIpc) is 2.25. The maximum atomic E-state index is 8.38. The number of hydrogen-bond acceptors (Lipinski definition) is 3. The van der Waals surface area contributed by atoms with Crippen molar-refractivity contribution in [3.05, 3.63) is 10.4 Å². The van der Waals surface area contributed by atoms with E-state index in [9.17, 15) is 0 Å². The Morgan fingerprint density at radius 3 is 2.00 bits per heavy atom. The van der Waals surface area contributed by atoms with Gasteiger partial charge in [-0.15, -0.1) is 0 Å². The summed E-state index contributed by atoms with van der Waals surface area (Å²) in [6, 6.07) is 0. The molecule has 0 saturated carbocycles. The number of azide groups is 1. The quantitative estimate of drug-likeness (QED) is 0.345. The van der Waals surface area contributed by atoms with E-state index >= 15 is 0 Å². The van der Waals surface area contributed by atoms with Gasteiger partial charge < -0.3 is 10.2 Å². The van der Waals surface area contributed by atoms with Crippen LogP contribution in [0, 0.1) is 11.8 Å². The van der Waals surface area contributed by atoms with Gasteiger partial charge in [0, 0.05) is 30.0 Å². The predicted octanol–water partition coefficient (Wildman–Crippen LogP) is 1.93. The second-order valence-electron chi connectivity index (χ2n) is 3.14. The molecule has 0 rings (SSSR count). The van der Waals surface area contributed by atoms with Gasteiger partial charge in [-0.05, 0) is 17.4 Å². The van der Waals surface area contributed by atoms with Crippen LogP contribution >= 0.6 is 15.9 Å². The lowest BCUT2D eigenvalue weighted by atomic mass is 10.2. The van der Waals surface area contributed by atoms with Gasteiger partial charge in [0.25, 0.3) is 0 Å². The van der Waals surface area contributed by atoms with Crippen LogP contribution in [-0.4, -0.2) is 35.3 Å². The van der Waals surface area contributed by atoms with Gasteiger partial charge >= 0.3 is 0 Å². The Kier molecular flexibility index (Phi) is 14.7. The molecule has 0 aliphatic rings. The van der Waals surface area contributed by atoms with Crippen LogP contribution in [0.2, 0.25) is 0 Å². The van der Waals surface area contributed by atoms with Crippen LogP contribution in [0.25, 0.3) is 10.4 Å². The maximum absolute atomic E-state index is 8.38. The van der Waals surface area contributed by atoms with Crippen LogP contribution in [0.15, 0.2) is 5.11 Å². The summed E-state index contributed by atoms with van der Waals surface area (Å²) in [6.07, 6.45) is 0. The Labute approximate surface area is 92.9 Å². The number of aliphatic hydroxyl groups is 2. The minimum absolute atomic E-state index is 0.0824. The SMILES string of the molecule is C[C@@H](CO)CN=[N+]=[N-].C[C@H](CO)CBr. The van der Waals surface area contributed by atoms with Gasteiger partial charge in [-0.3, -0.25) is 0 Å². The van der Waals surface area contributed by atoms with Crippen molar-refractivity contribution < 1.29 is 10.2 Å². The summed E-state index contributed by atoms with van der Waals surface area (Å²) >= 11 is 3.21. The number of nitrogens with zero attached hydrogens (tertiary/aromatic N) is 3. The fraction of sp³-hybridized carbons (Fsp3) is 1.00. The van der Waals surface area contributed by atoms with E-state index in [1.54, 1.807) is 0 Å². The molecule has 84 valence electrons. The maximum Gasteiger partial charge on any atom is 0.0464 e. The van der Waals surface area contributed by atoms with Crippen LogP contribution < -0.4 is 0 Å². The van der Waals surface area contributed by atoms with E-state index in [0.29, 0.717) is 12.5 Å². The number of hydrogen-bond donors (Lipinski definition) is 2. The molecule has 0 heterocycles. The topological polar surface area (TPSA) is 89.2 Å². The molecule has 0 aromatic rings. The van der Waals surface area contributed by atoms with E-state index < -0.39 is 0 Å². The molecule has 14 heavy (non-hydrogen) atoms. The lowest BCUT2D eigenvalue weighted by molar-refractivity contribution is 0.241. The fourth-order valence-corrected chi connectivity index (χ4v) is 0.487. The van der Waals surface area contributed by atoms with Crippen molar-refractivity contribution >= 4 is 15.9 Å². The molecule has 0 fully saturated rings. The van der Waals surface area contributed by atoms with E-state index in [-0.39, 0.29) is 19.1 Å². The Bertz CT molecular complexity index is 159. The van der Waals surface area contributed by atoms with Gasteiger partial charge in [-0.1, -0.05) is 34.9 Å². The molecule has 0 aromatic heterocycles. The molecular weight excluding hydrogens is 250 g/mol. The van der Waals surface area contributed by atoms with Crippen LogP contribution in [0.3, 0.4) is 0 Å². The highest BCUT2D eigenvalue weighted by atomic mass is 79.9. The largest absolute Gasteiger partial charge is 0.396 e. The monoisotopic (exact) mass is 267 g/mol. The van der Waals surface area contributed by atoms with E-state index in [0.717, 1.165) is 5.33 Å². The normalized spacial score (nSPS) is 13.2. The first-order chi connectivity index (χ1) is 6.62. The van der Waals surface area contributed by atoms with Crippen LogP contribution in [0.1, 0.15) is 13.8 Å². The van der Waals surface area contributed by atoms with Crippen molar-refractivity contribution in [1.82, 2.24) is 0 Å². The van der Waals surface area contributed by atoms with E-state index in [1.807, 2.05) is 13.8 Å². The summed E-state index contributed by atoms with van der Waals surface area (Å²) in [5.41, 5.74) is 7.79. The van der Waals surface area contributed by atoms with Gasteiger partial charge in [-0.2, -0.15) is 0 Å². The molecule has 0 spiro atoms. The fourth-order valence-electron chi connectivity index (χ4n) is 0.282. The van der Waals surface area contributed by atoms with E-state index in [2.05, 4.69) is 26.0 Å². The molecule has 0 aromatic carbocycles. The summed E-state index contributed by atoms with van der Waals surface area (Å²) in [7, 11) is 0. The van der Waals surface area contributed by atoms with Crippen molar-refractivity contribution in [1.29, 1.82) is 0 Å². The van der Waals surface area contributed by atoms with Crippen molar-refractivity contribution in [3.63, 3.8) is 0 Å². The van der Waals surface area contributed by atoms with Gasteiger partial charge in [0.2, 0.25) is 0 Å². The molecule has 0 radical (unpaired) electrons. The lowest BCUT2D eigenvalue weighted by Crippen LogP contribution is -2.02. The predicted molar refractivity (Wildman–Crippen MR) is 60.3 cm³/mol. The summed E-state index contributed by atoms with van der Waals surface area (Å²) < 4.78 is 0. The molecule has 0 amide bonds. The molecule has 2 N–H and O–H groups in total.